The summed E-state index contributed by atoms with van der Waals surface area (Å²) in [5.74, 6) is -1.16. The summed E-state index contributed by atoms with van der Waals surface area (Å²) in [6, 6.07) is 13.6. The van der Waals surface area contributed by atoms with E-state index in [0.717, 1.165) is 4.90 Å². The van der Waals surface area contributed by atoms with Crippen molar-refractivity contribution in [3.63, 3.8) is 0 Å². The number of benzene rings is 2. The minimum absolute atomic E-state index is 0.00119. The molecule has 7 heteroatoms. The first kappa shape index (κ1) is 21.1. The molecule has 2 amide bonds. The van der Waals surface area contributed by atoms with Gasteiger partial charge >= 0.3 is 5.97 Å². The number of amides is 2. The van der Waals surface area contributed by atoms with Gasteiger partial charge in [0.25, 0.3) is 5.91 Å². The lowest BCUT2D eigenvalue weighted by atomic mass is 10.0. The monoisotopic (exact) mass is 409 g/mol. The van der Waals surface area contributed by atoms with Crippen LogP contribution in [0.25, 0.3) is 11.6 Å². The van der Waals surface area contributed by atoms with E-state index in [9.17, 15) is 19.5 Å². The molecular weight excluding hydrogens is 386 g/mol. The van der Waals surface area contributed by atoms with E-state index >= 15 is 0 Å². The number of likely N-dealkylation sites (tertiary alicyclic amines) is 1. The second-order valence-corrected chi connectivity index (χ2v) is 6.70. The van der Waals surface area contributed by atoms with Crippen molar-refractivity contribution in [2.24, 2.45) is 0 Å². The molecule has 1 saturated heterocycles. The molecular formula is C23H23NO6. The molecule has 7 nitrogen and oxygen atoms in total. The number of esters is 1. The fourth-order valence-electron chi connectivity index (χ4n) is 3.13. The van der Waals surface area contributed by atoms with Gasteiger partial charge in [-0.1, -0.05) is 36.4 Å². The van der Waals surface area contributed by atoms with Gasteiger partial charge in [-0.3, -0.25) is 14.5 Å². The first-order valence-electron chi connectivity index (χ1n) is 9.73. The van der Waals surface area contributed by atoms with Gasteiger partial charge in [0.15, 0.2) is 18.1 Å². The summed E-state index contributed by atoms with van der Waals surface area (Å²) in [6.07, 6.45) is 2.56. The lowest BCUT2D eigenvalue weighted by molar-refractivity contribution is -0.151. The number of ether oxygens (including phenoxy) is 2. The fraction of sp³-hybridized carbons (Fsp3) is 0.261. The highest BCUT2D eigenvalue weighted by Gasteiger charge is 2.27. The Hall–Kier alpha value is -3.61. The number of phenols is 1. The lowest BCUT2D eigenvalue weighted by Gasteiger charge is -2.14. The molecule has 0 spiro atoms. The quantitative estimate of drug-likeness (QED) is 0.429. The summed E-state index contributed by atoms with van der Waals surface area (Å²) in [5, 5.41) is 9.89. The first-order chi connectivity index (χ1) is 14.5. The standard InChI is InChI=1S/C23H23NO6/c1-2-29-20-14-16(10-11-19(20)25)13-18(17-7-4-3-5-8-17)23(28)30-15-22(27)24-12-6-9-21(24)26/h3-5,7-8,10-11,13-14,25H,2,6,9,12,15H2,1H3/b18-13+. The number of imide groups is 1. The van der Waals surface area contributed by atoms with E-state index in [1.165, 1.54) is 6.07 Å². The molecule has 0 radical (unpaired) electrons. The van der Waals surface area contributed by atoms with Crippen LogP contribution in [-0.2, 0) is 19.1 Å². The number of carbonyl (C=O) groups is 3. The molecule has 1 heterocycles. The summed E-state index contributed by atoms with van der Waals surface area (Å²) in [4.78, 5) is 37.8. The molecule has 1 aliphatic rings. The van der Waals surface area contributed by atoms with E-state index in [4.69, 9.17) is 9.47 Å². The number of hydrogen-bond acceptors (Lipinski definition) is 6. The van der Waals surface area contributed by atoms with Gasteiger partial charge in [-0.05, 0) is 42.7 Å². The molecule has 0 bridgehead atoms. The van der Waals surface area contributed by atoms with Crippen LogP contribution in [0.1, 0.15) is 30.9 Å². The number of carbonyl (C=O) groups excluding carboxylic acids is 3. The maximum absolute atomic E-state index is 12.8. The Balaban J connectivity index is 1.83. The Morgan fingerprint density at radius 3 is 2.60 bits per heavy atom. The number of phenolic OH excluding ortho intramolecular Hbond substituents is 1. The van der Waals surface area contributed by atoms with Crippen LogP contribution < -0.4 is 4.74 Å². The van der Waals surface area contributed by atoms with Gasteiger partial charge in [0, 0.05) is 13.0 Å². The molecule has 0 atom stereocenters. The van der Waals surface area contributed by atoms with E-state index in [1.807, 2.05) is 6.07 Å². The minimum Gasteiger partial charge on any atom is -0.504 e. The Kier molecular flexibility index (Phi) is 6.85. The summed E-state index contributed by atoms with van der Waals surface area (Å²) < 4.78 is 10.6. The van der Waals surface area contributed by atoms with Gasteiger partial charge in [-0.25, -0.2) is 4.79 Å². The zero-order chi connectivity index (χ0) is 21.5. The van der Waals surface area contributed by atoms with E-state index in [0.29, 0.717) is 42.9 Å². The zero-order valence-electron chi connectivity index (χ0n) is 16.7. The van der Waals surface area contributed by atoms with Gasteiger partial charge < -0.3 is 14.6 Å². The average Bonchev–Trinajstić information content (AvgIpc) is 3.19. The second kappa shape index (κ2) is 9.73. The molecule has 0 aliphatic carbocycles. The molecule has 156 valence electrons. The van der Waals surface area contributed by atoms with Crippen molar-refractivity contribution in [2.45, 2.75) is 19.8 Å². The van der Waals surface area contributed by atoms with Crippen LogP contribution in [-0.4, -0.2) is 47.5 Å². The maximum atomic E-state index is 12.8. The molecule has 0 unspecified atom stereocenters. The van der Waals surface area contributed by atoms with Gasteiger partial charge in [0.05, 0.1) is 12.2 Å². The number of rotatable bonds is 7. The normalized spacial score (nSPS) is 14.0. The molecule has 2 aromatic carbocycles. The maximum Gasteiger partial charge on any atom is 0.339 e. The van der Waals surface area contributed by atoms with Crippen molar-refractivity contribution in [1.29, 1.82) is 0 Å². The summed E-state index contributed by atoms with van der Waals surface area (Å²) >= 11 is 0. The first-order valence-corrected chi connectivity index (χ1v) is 9.73. The van der Waals surface area contributed by atoms with Crippen molar-refractivity contribution >= 4 is 29.4 Å². The number of aromatic hydroxyl groups is 1. The molecule has 0 aromatic heterocycles. The minimum atomic E-state index is -0.688. The summed E-state index contributed by atoms with van der Waals surface area (Å²) in [6.45, 7) is 2.03. The Labute approximate surface area is 174 Å². The van der Waals surface area contributed by atoms with Crippen LogP contribution in [0.3, 0.4) is 0 Å². The van der Waals surface area contributed by atoms with E-state index in [-0.39, 0.29) is 17.2 Å². The van der Waals surface area contributed by atoms with Gasteiger partial charge in [0.1, 0.15) is 0 Å². The predicted molar refractivity (Wildman–Crippen MR) is 111 cm³/mol. The number of nitrogens with zero attached hydrogens (tertiary/aromatic N) is 1. The highest BCUT2D eigenvalue weighted by molar-refractivity contribution is 6.22. The van der Waals surface area contributed by atoms with Gasteiger partial charge in [-0.2, -0.15) is 0 Å². The highest BCUT2D eigenvalue weighted by atomic mass is 16.5. The smallest absolute Gasteiger partial charge is 0.339 e. The third kappa shape index (κ3) is 5.05. The van der Waals surface area contributed by atoms with Crippen molar-refractivity contribution in [2.75, 3.05) is 19.8 Å². The van der Waals surface area contributed by atoms with E-state index in [2.05, 4.69) is 0 Å². The van der Waals surface area contributed by atoms with Crippen molar-refractivity contribution < 1.29 is 29.0 Å². The molecule has 2 aromatic rings. The Bertz CT molecular complexity index is 967. The van der Waals surface area contributed by atoms with Gasteiger partial charge in [0.2, 0.25) is 5.91 Å². The van der Waals surface area contributed by atoms with Crippen LogP contribution in [0.2, 0.25) is 0 Å². The highest BCUT2D eigenvalue weighted by Crippen LogP contribution is 2.29. The second-order valence-electron chi connectivity index (χ2n) is 6.70. The molecule has 3 rings (SSSR count). The number of hydrogen-bond donors (Lipinski definition) is 1. The third-order valence-corrected chi connectivity index (χ3v) is 4.60. The van der Waals surface area contributed by atoms with Crippen LogP contribution in [0.5, 0.6) is 11.5 Å². The largest absolute Gasteiger partial charge is 0.504 e. The summed E-state index contributed by atoms with van der Waals surface area (Å²) in [7, 11) is 0. The van der Waals surface area contributed by atoms with Crippen molar-refractivity contribution in [3.8, 4) is 11.5 Å². The molecule has 1 N–H and O–H groups in total. The molecule has 0 saturated carbocycles. The van der Waals surface area contributed by atoms with Crippen LogP contribution in [0.4, 0.5) is 0 Å². The fourth-order valence-corrected chi connectivity index (χ4v) is 3.13. The molecule has 1 fully saturated rings. The Morgan fingerprint density at radius 1 is 1.17 bits per heavy atom. The average molecular weight is 409 g/mol. The third-order valence-electron chi connectivity index (χ3n) is 4.60. The van der Waals surface area contributed by atoms with Crippen LogP contribution >= 0.6 is 0 Å². The van der Waals surface area contributed by atoms with Crippen LogP contribution in [0, 0.1) is 0 Å². The van der Waals surface area contributed by atoms with Crippen molar-refractivity contribution in [1.82, 2.24) is 4.90 Å². The topological polar surface area (TPSA) is 93.1 Å². The van der Waals surface area contributed by atoms with E-state index in [1.54, 1.807) is 49.4 Å². The summed E-state index contributed by atoms with van der Waals surface area (Å²) in [5.41, 5.74) is 1.47. The zero-order valence-corrected chi connectivity index (χ0v) is 16.7. The SMILES string of the molecule is CCOc1cc(/C=C(/C(=O)OCC(=O)N2CCCC2=O)c2ccccc2)ccc1O. The lowest BCUT2D eigenvalue weighted by Crippen LogP contribution is -2.35. The predicted octanol–water partition coefficient (Wildman–Crippen LogP) is 3.02. The van der Waals surface area contributed by atoms with Crippen LogP contribution in [0.15, 0.2) is 48.5 Å². The molecule has 1 aliphatic heterocycles. The van der Waals surface area contributed by atoms with Gasteiger partial charge in [-0.15, -0.1) is 0 Å². The van der Waals surface area contributed by atoms with E-state index < -0.39 is 18.5 Å². The molecule has 30 heavy (non-hydrogen) atoms. The Morgan fingerprint density at radius 2 is 1.93 bits per heavy atom. The van der Waals surface area contributed by atoms with Crippen molar-refractivity contribution in [3.05, 3.63) is 59.7 Å².